The van der Waals surface area contributed by atoms with Gasteiger partial charge in [-0.25, -0.2) is 0 Å². The molecule has 0 aromatic rings. The van der Waals surface area contributed by atoms with Crippen molar-refractivity contribution in [1.29, 1.82) is 0 Å². The molecule has 6 N–H and O–H groups in total. The van der Waals surface area contributed by atoms with Gasteiger partial charge in [-0.05, 0) is 39.0 Å². The molecule has 1 fully saturated rings. The largest absolute Gasteiger partial charge is 0.393 e. The highest BCUT2D eigenvalue weighted by molar-refractivity contribution is 5.95. The van der Waals surface area contributed by atoms with Gasteiger partial charge in [0.25, 0.3) is 0 Å². The average molecular weight is 575 g/mol. The molecule has 2 rings (SSSR count). The molecule has 0 aromatic carbocycles. The third kappa shape index (κ3) is 14.5. The average Bonchev–Trinajstić information content (AvgIpc) is 2.93. The molecule has 4 amide bonds. The third-order valence-corrected chi connectivity index (χ3v) is 7.59. The van der Waals surface area contributed by atoms with Gasteiger partial charge >= 0.3 is 0 Å². The van der Waals surface area contributed by atoms with Gasteiger partial charge in [0, 0.05) is 31.2 Å². The lowest BCUT2D eigenvalue weighted by Gasteiger charge is -2.26. The highest BCUT2D eigenvalue weighted by Crippen LogP contribution is 2.28. The summed E-state index contributed by atoms with van der Waals surface area (Å²) in [5.74, 6) is -1.26. The minimum absolute atomic E-state index is 0.102. The van der Waals surface area contributed by atoms with Crippen LogP contribution in [-0.2, 0) is 19.2 Å². The van der Waals surface area contributed by atoms with Crippen LogP contribution in [0, 0.1) is 5.92 Å². The molecule has 10 heteroatoms. The summed E-state index contributed by atoms with van der Waals surface area (Å²) >= 11 is 0. The van der Waals surface area contributed by atoms with Gasteiger partial charge < -0.3 is 31.5 Å². The van der Waals surface area contributed by atoms with Crippen LogP contribution in [-0.4, -0.2) is 70.7 Å². The summed E-state index contributed by atoms with van der Waals surface area (Å²) in [5.41, 5.74) is 0. The molecule has 0 spiro atoms. The van der Waals surface area contributed by atoms with E-state index in [1.807, 2.05) is 6.08 Å². The van der Waals surface area contributed by atoms with E-state index in [4.69, 9.17) is 0 Å². The molecule has 1 heterocycles. The van der Waals surface area contributed by atoms with Gasteiger partial charge in [0.1, 0.15) is 12.1 Å². The van der Waals surface area contributed by atoms with Gasteiger partial charge in [-0.15, -0.1) is 0 Å². The quantitative estimate of drug-likeness (QED) is 0.119. The van der Waals surface area contributed by atoms with E-state index in [0.29, 0.717) is 0 Å². The summed E-state index contributed by atoms with van der Waals surface area (Å²) in [6.07, 6.45) is 20.2. The molecule has 1 aliphatic heterocycles. The number of unbranched alkanes of at least 4 members (excludes halogenated alkanes) is 3. The number of rotatable bonds is 12. The van der Waals surface area contributed by atoms with E-state index in [2.05, 4.69) is 21.3 Å². The zero-order chi connectivity index (χ0) is 30.0. The second-order valence-corrected chi connectivity index (χ2v) is 11.3. The second-order valence-electron chi connectivity index (χ2n) is 11.3. The number of hydrogen-bond donors (Lipinski definition) is 6. The fourth-order valence-electron chi connectivity index (χ4n) is 5.18. The maximum atomic E-state index is 13.0. The summed E-state index contributed by atoms with van der Waals surface area (Å²) in [6, 6.07) is -2.91. The molecule has 1 aliphatic carbocycles. The monoisotopic (exact) mass is 574 g/mol. The Morgan fingerprint density at radius 1 is 1.10 bits per heavy atom. The van der Waals surface area contributed by atoms with Crippen molar-refractivity contribution in [3.8, 4) is 0 Å². The van der Waals surface area contributed by atoms with Crippen molar-refractivity contribution in [2.75, 3.05) is 6.54 Å². The maximum Gasteiger partial charge on any atom is 0.245 e. The number of carbonyl (C=O) groups excluding carboxylic acids is 4. The smallest absolute Gasteiger partial charge is 0.245 e. The Kier molecular flexibility index (Phi) is 16.0. The van der Waals surface area contributed by atoms with Crippen LogP contribution in [0.5, 0.6) is 0 Å². The molecule has 0 saturated heterocycles. The van der Waals surface area contributed by atoms with E-state index in [1.165, 1.54) is 76.5 Å². The van der Waals surface area contributed by atoms with Crippen LogP contribution in [0.1, 0.15) is 90.9 Å². The molecule has 230 valence electrons. The highest BCUT2D eigenvalue weighted by Gasteiger charge is 2.31. The number of aliphatic hydroxyl groups is 2. The van der Waals surface area contributed by atoms with Crippen LogP contribution >= 0.6 is 0 Å². The Morgan fingerprint density at radius 2 is 1.85 bits per heavy atom. The zero-order valence-electron chi connectivity index (χ0n) is 24.6. The lowest BCUT2D eigenvalue weighted by molar-refractivity contribution is -0.134. The first-order valence-electron chi connectivity index (χ1n) is 15.2. The van der Waals surface area contributed by atoms with Gasteiger partial charge in [-0.1, -0.05) is 75.7 Å². The Labute approximate surface area is 244 Å². The standard InChI is InChI=1S/C31H50N4O6/c1-22-17-18-27(38)32-20-19-25(37)21-26(30(40)33-22)34-31(41)29(23(2)36)35-28(39)16-12-7-5-3-4-6-9-13-24-14-10-8-11-15-24/h5,7,12,16-18,22-26,29,36-37H,3-4,6,8-11,13-15,19-21H2,1-2H3,(H,32,38)(H,33,40)(H,34,41)(H,35,39)/b7-5+,16-12+,18-17+/t22-,23+,25-,26-,29-/m0/s1. The number of amides is 4. The van der Waals surface area contributed by atoms with Gasteiger partial charge in [0.2, 0.25) is 23.6 Å². The van der Waals surface area contributed by atoms with Crippen LogP contribution in [0.2, 0.25) is 0 Å². The normalized spacial score (nSPS) is 25.4. The summed E-state index contributed by atoms with van der Waals surface area (Å²) in [7, 11) is 0. The molecule has 1 saturated carbocycles. The van der Waals surface area contributed by atoms with E-state index in [0.717, 1.165) is 18.8 Å². The van der Waals surface area contributed by atoms with Crippen molar-refractivity contribution < 1.29 is 29.4 Å². The van der Waals surface area contributed by atoms with E-state index in [-0.39, 0.29) is 25.3 Å². The number of carbonyl (C=O) groups is 4. The third-order valence-electron chi connectivity index (χ3n) is 7.59. The van der Waals surface area contributed by atoms with Gasteiger partial charge in [-0.2, -0.15) is 0 Å². The topological polar surface area (TPSA) is 157 Å². The van der Waals surface area contributed by atoms with Crippen LogP contribution in [0.25, 0.3) is 0 Å². The lowest BCUT2D eigenvalue weighted by atomic mass is 9.85. The first-order chi connectivity index (χ1) is 19.7. The maximum absolute atomic E-state index is 13.0. The van der Waals surface area contributed by atoms with Crippen LogP contribution in [0.15, 0.2) is 36.5 Å². The summed E-state index contributed by atoms with van der Waals surface area (Å²) in [5, 5.41) is 30.9. The number of nitrogens with one attached hydrogen (secondary N) is 4. The molecule has 5 atom stereocenters. The molecular weight excluding hydrogens is 524 g/mol. The van der Waals surface area contributed by atoms with Gasteiger partial charge in [0.05, 0.1) is 12.2 Å². The van der Waals surface area contributed by atoms with Crippen LogP contribution in [0.4, 0.5) is 0 Å². The molecule has 41 heavy (non-hydrogen) atoms. The zero-order valence-corrected chi connectivity index (χ0v) is 24.6. The first kappa shape index (κ1) is 34.2. The molecule has 10 nitrogen and oxygen atoms in total. The van der Waals surface area contributed by atoms with Gasteiger partial charge in [-0.3, -0.25) is 19.2 Å². The number of hydrogen-bond acceptors (Lipinski definition) is 6. The molecule has 2 aliphatic rings. The fourth-order valence-corrected chi connectivity index (χ4v) is 5.18. The molecule has 0 radical (unpaired) electrons. The van der Waals surface area contributed by atoms with Crippen molar-refractivity contribution in [2.24, 2.45) is 5.92 Å². The Bertz CT molecular complexity index is 926. The number of aliphatic hydroxyl groups excluding tert-OH is 2. The minimum atomic E-state index is -1.30. The first-order valence-corrected chi connectivity index (χ1v) is 15.2. The SMILES string of the molecule is C[C@H]1/C=C/C(=O)NCC[C@H](O)C[C@H](NC(=O)[C@@H](NC(=O)/C=C/C=C/CCCCCC2CCCCC2)[C@@H](C)O)C(=O)N1. The Morgan fingerprint density at radius 3 is 2.59 bits per heavy atom. The van der Waals surface area contributed by atoms with Crippen molar-refractivity contribution in [2.45, 2.75) is 121 Å². The lowest BCUT2D eigenvalue weighted by Crippen LogP contribution is -2.58. The molecule has 0 aromatic heterocycles. The predicted molar refractivity (Wildman–Crippen MR) is 158 cm³/mol. The minimum Gasteiger partial charge on any atom is -0.393 e. The van der Waals surface area contributed by atoms with Gasteiger partial charge in [0.15, 0.2) is 0 Å². The van der Waals surface area contributed by atoms with E-state index in [9.17, 15) is 29.4 Å². The fraction of sp³-hybridized carbons (Fsp3) is 0.677. The summed E-state index contributed by atoms with van der Waals surface area (Å²) < 4.78 is 0. The van der Waals surface area contributed by atoms with E-state index in [1.54, 1.807) is 19.1 Å². The Balaban J connectivity index is 1.82. The van der Waals surface area contributed by atoms with E-state index < -0.39 is 48.1 Å². The van der Waals surface area contributed by atoms with Crippen LogP contribution < -0.4 is 21.3 Å². The summed E-state index contributed by atoms with van der Waals surface area (Å²) in [4.78, 5) is 50.0. The van der Waals surface area contributed by atoms with Crippen LogP contribution in [0.3, 0.4) is 0 Å². The summed E-state index contributed by atoms with van der Waals surface area (Å²) in [6.45, 7) is 3.24. The van der Waals surface area contributed by atoms with Crippen molar-refractivity contribution >= 4 is 23.6 Å². The molecular formula is C31H50N4O6. The van der Waals surface area contributed by atoms with Crippen molar-refractivity contribution in [3.63, 3.8) is 0 Å². The van der Waals surface area contributed by atoms with Crippen molar-refractivity contribution in [1.82, 2.24) is 21.3 Å². The molecule has 0 bridgehead atoms. The number of allylic oxidation sites excluding steroid dienone is 3. The van der Waals surface area contributed by atoms with E-state index >= 15 is 0 Å². The second kappa shape index (κ2) is 19.2. The molecule has 0 unspecified atom stereocenters. The Hall–Kier alpha value is -2.98. The predicted octanol–water partition coefficient (Wildman–Crippen LogP) is 2.31. The highest BCUT2D eigenvalue weighted by atomic mass is 16.3. The van der Waals surface area contributed by atoms with Crippen molar-refractivity contribution in [3.05, 3.63) is 36.5 Å².